The van der Waals surface area contributed by atoms with Gasteiger partial charge in [-0.15, -0.1) is 0 Å². The van der Waals surface area contributed by atoms with Crippen molar-refractivity contribution in [3.63, 3.8) is 0 Å². The van der Waals surface area contributed by atoms with Crippen LogP contribution in [-0.2, 0) is 11.2 Å². The predicted molar refractivity (Wildman–Crippen MR) is 99.5 cm³/mol. The van der Waals surface area contributed by atoms with Crippen molar-refractivity contribution in [1.29, 1.82) is 0 Å². The predicted octanol–water partition coefficient (Wildman–Crippen LogP) is 5.38. The number of amides is 1. The van der Waals surface area contributed by atoms with E-state index in [0.717, 1.165) is 25.9 Å². The second-order valence-corrected chi connectivity index (χ2v) is 6.11. The molecule has 2 heteroatoms. The fourth-order valence-electron chi connectivity index (χ4n) is 2.80. The van der Waals surface area contributed by atoms with Crippen LogP contribution in [0.3, 0.4) is 0 Å². The molecule has 0 saturated heterocycles. The molecular formula is C21H33NO. The minimum absolute atomic E-state index is 0.268. The zero-order valence-corrected chi connectivity index (χ0v) is 15.2. The molecule has 2 nitrogen and oxygen atoms in total. The summed E-state index contributed by atoms with van der Waals surface area (Å²) in [5.41, 5.74) is 2.62. The van der Waals surface area contributed by atoms with E-state index < -0.39 is 0 Å². The summed E-state index contributed by atoms with van der Waals surface area (Å²) in [5, 5.41) is 0. The third-order valence-electron chi connectivity index (χ3n) is 4.32. The lowest BCUT2D eigenvalue weighted by atomic mass is 10.0. The number of carbonyl (C=O) groups excluding carboxylic acids is 1. The Labute approximate surface area is 142 Å². The molecular weight excluding hydrogens is 282 g/mol. The van der Waals surface area contributed by atoms with Crippen molar-refractivity contribution >= 4 is 5.91 Å². The number of hydrogen-bond donors (Lipinski definition) is 0. The van der Waals surface area contributed by atoms with Crippen LogP contribution in [0.15, 0.2) is 42.0 Å². The largest absolute Gasteiger partial charge is 0.343 e. The van der Waals surface area contributed by atoms with Crippen LogP contribution >= 0.6 is 0 Å². The second kappa shape index (κ2) is 11.9. The van der Waals surface area contributed by atoms with E-state index in [1.54, 1.807) is 0 Å². The molecule has 23 heavy (non-hydrogen) atoms. The fraction of sp³-hybridized carbons (Fsp3) is 0.571. The molecule has 1 aromatic carbocycles. The smallest absolute Gasteiger partial charge is 0.226 e. The van der Waals surface area contributed by atoms with Crippen LogP contribution in [0, 0.1) is 0 Å². The third kappa shape index (κ3) is 8.01. The van der Waals surface area contributed by atoms with Crippen molar-refractivity contribution in [3.8, 4) is 0 Å². The van der Waals surface area contributed by atoms with Gasteiger partial charge in [0.15, 0.2) is 0 Å². The lowest BCUT2D eigenvalue weighted by Gasteiger charge is -2.19. The Morgan fingerprint density at radius 1 is 1.00 bits per heavy atom. The van der Waals surface area contributed by atoms with Crippen LogP contribution in [0.1, 0.15) is 64.9 Å². The molecule has 0 atom stereocenters. The van der Waals surface area contributed by atoms with Gasteiger partial charge in [0.2, 0.25) is 5.91 Å². The first-order valence-electron chi connectivity index (χ1n) is 9.20. The van der Waals surface area contributed by atoms with E-state index in [-0.39, 0.29) is 5.91 Å². The standard InChI is InChI=1S/C21H33NO/c1-4-7-8-10-15-20(18-21(23)22(5-2)6-3)17-16-19-13-11-9-12-14-19/h9,11-14,17H,4-8,10,15-16,18H2,1-3H3/b20-17-. The van der Waals surface area contributed by atoms with E-state index in [1.165, 1.54) is 36.8 Å². The number of allylic oxidation sites excluding steroid dienone is 1. The number of rotatable bonds is 11. The topological polar surface area (TPSA) is 20.3 Å². The number of hydrogen-bond acceptors (Lipinski definition) is 1. The summed E-state index contributed by atoms with van der Waals surface area (Å²) in [6.07, 6.45) is 9.84. The molecule has 0 saturated carbocycles. The molecule has 128 valence electrons. The van der Waals surface area contributed by atoms with Gasteiger partial charge < -0.3 is 4.90 Å². The van der Waals surface area contributed by atoms with E-state index in [1.807, 2.05) is 11.0 Å². The Kier molecular flexibility index (Phi) is 10.1. The third-order valence-corrected chi connectivity index (χ3v) is 4.32. The average Bonchev–Trinajstić information content (AvgIpc) is 2.58. The van der Waals surface area contributed by atoms with E-state index in [2.05, 4.69) is 51.1 Å². The molecule has 1 aromatic rings. The summed E-state index contributed by atoms with van der Waals surface area (Å²) in [5.74, 6) is 0.268. The van der Waals surface area contributed by atoms with E-state index >= 15 is 0 Å². The average molecular weight is 316 g/mol. The molecule has 1 rings (SSSR count). The van der Waals surface area contributed by atoms with Gasteiger partial charge in [0.25, 0.3) is 0 Å². The molecule has 0 unspecified atom stereocenters. The van der Waals surface area contributed by atoms with Crippen molar-refractivity contribution in [2.75, 3.05) is 13.1 Å². The lowest BCUT2D eigenvalue weighted by molar-refractivity contribution is -0.130. The molecule has 0 aliphatic carbocycles. The molecule has 0 aromatic heterocycles. The van der Waals surface area contributed by atoms with Crippen LogP contribution in [0.4, 0.5) is 0 Å². The molecule has 0 aliphatic heterocycles. The van der Waals surface area contributed by atoms with Gasteiger partial charge >= 0.3 is 0 Å². The second-order valence-electron chi connectivity index (χ2n) is 6.11. The van der Waals surface area contributed by atoms with Crippen LogP contribution in [-0.4, -0.2) is 23.9 Å². The molecule has 0 heterocycles. The maximum atomic E-state index is 12.4. The molecule has 0 fully saturated rings. The highest BCUT2D eigenvalue weighted by atomic mass is 16.2. The number of unbranched alkanes of at least 4 members (excludes halogenated alkanes) is 3. The van der Waals surface area contributed by atoms with Crippen molar-refractivity contribution in [1.82, 2.24) is 4.90 Å². The summed E-state index contributed by atoms with van der Waals surface area (Å²) in [6, 6.07) is 10.5. The number of carbonyl (C=O) groups is 1. The molecule has 0 radical (unpaired) electrons. The van der Waals surface area contributed by atoms with Crippen molar-refractivity contribution < 1.29 is 4.79 Å². The first-order valence-corrected chi connectivity index (χ1v) is 9.20. The monoisotopic (exact) mass is 315 g/mol. The Hall–Kier alpha value is -1.57. The number of benzene rings is 1. The van der Waals surface area contributed by atoms with Gasteiger partial charge in [-0.25, -0.2) is 0 Å². The summed E-state index contributed by atoms with van der Waals surface area (Å²) < 4.78 is 0. The van der Waals surface area contributed by atoms with E-state index in [0.29, 0.717) is 6.42 Å². The maximum absolute atomic E-state index is 12.4. The Morgan fingerprint density at radius 3 is 2.30 bits per heavy atom. The van der Waals surface area contributed by atoms with E-state index in [9.17, 15) is 4.79 Å². The van der Waals surface area contributed by atoms with Crippen LogP contribution in [0.2, 0.25) is 0 Å². The van der Waals surface area contributed by atoms with Gasteiger partial charge in [-0.2, -0.15) is 0 Å². The van der Waals surface area contributed by atoms with Gasteiger partial charge in [0.1, 0.15) is 0 Å². The first-order chi connectivity index (χ1) is 11.2. The Balaban J connectivity index is 2.65. The fourth-order valence-corrected chi connectivity index (χ4v) is 2.80. The summed E-state index contributed by atoms with van der Waals surface area (Å²) >= 11 is 0. The van der Waals surface area contributed by atoms with Crippen LogP contribution in [0.25, 0.3) is 0 Å². The minimum Gasteiger partial charge on any atom is -0.343 e. The molecule has 0 N–H and O–H groups in total. The molecule has 0 bridgehead atoms. The quantitative estimate of drug-likeness (QED) is 0.396. The Bertz CT molecular complexity index is 460. The molecule has 0 aliphatic rings. The maximum Gasteiger partial charge on any atom is 0.226 e. The minimum atomic E-state index is 0.268. The van der Waals surface area contributed by atoms with Crippen LogP contribution < -0.4 is 0 Å². The van der Waals surface area contributed by atoms with Crippen molar-refractivity contribution in [2.24, 2.45) is 0 Å². The number of nitrogens with zero attached hydrogens (tertiary/aromatic N) is 1. The van der Waals surface area contributed by atoms with Gasteiger partial charge in [-0.1, -0.05) is 68.2 Å². The zero-order valence-electron chi connectivity index (χ0n) is 15.2. The lowest BCUT2D eigenvalue weighted by Crippen LogP contribution is -2.30. The van der Waals surface area contributed by atoms with Gasteiger partial charge in [-0.3, -0.25) is 4.79 Å². The summed E-state index contributed by atoms with van der Waals surface area (Å²) in [6.45, 7) is 7.94. The SMILES string of the molecule is CCCCCC/C(=C/Cc1ccccc1)CC(=O)N(CC)CC. The summed E-state index contributed by atoms with van der Waals surface area (Å²) in [7, 11) is 0. The normalized spacial score (nSPS) is 11.5. The van der Waals surface area contributed by atoms with Crippen molar-refractivity contribution in [2.45, 2.75) is 65.7 Å². The van der Waals surface area contributed by atoms with Crippen LogP contribution in [0.5, 0.6) is 0 Å². The molecule has 1 amide bonds. The van der Waals surface area contributed by atoms with Crippen molar-refractivity contribution in [3.05, 3.63) is 47.5 Å². The summed E-state index contributed by atoms with van der Waals surface area (Å²) in [4.78, 5) is 14.3. The highest BCUT2D eigenvalue weighted by molar-refractivity contribution is 5.78. The Morgan fingerprint density at radius 2 is 1.70 bits per heavy atom. The first kappa shape index (κ1) is 19.5. The molecule has 0 spiro atoms. The highest BCUT2D eigenvalue weighted by Gasteiger charge is 2.11. The zero-order chi connectivity index (χ0) is 16.9. The van der Waals surface area contributed by atoms with Gasteiger partial charge in [0, 0.05) is 19.5 Å². The van der Waals surface area contributed by atoms with Gasteiger partial charge in [-0.05, 0) is 38.7 Å². The van der Waals surface area contributed by atoms with Gasteiger partial charge in [0.05, 0.1) is 0 Å². The van der Waals surface area contributed by atoms with E-state index in [4.69, 9.17) is 0 Å². The highest BCUT2D eigenvalue weighted by Crippen LogP contribution is 2.16.